The predicted octanol–water partition coefficient (Wildman–Crippen LogP) is 2.46. The fourth-order valence-electron chi connectivity index (χ4n) is 1.60. The number of aromatic amines is 1. The normalized spacial score (nSPS) is 10.5. The van der Waals surface area contributed by atoms with Crippen LogP contribution in [-0.4, -0.2) is 24.1 Å². The number of imidazole rings is 1. The maximum atomic E-state index is 6.07. The van der Waals surface area contributed by atoms with Crippen LogP contribution in [0.1, 0.15) is 5.69 Å². The molecule has 0 amide bonds. The summed E-state index contributed by atoms with van der Waals surface area (Å²) in [7, 11) is 3.49. The van der Waals surface area contributed by atoms with Gasteiger partial charge in [0.15, 0.2) is 0 Å². The molecule has 0 fully saturated rings. The van der Waals surface area contributed by atoms with Crippen molar-refractivity contribution in [2.45, 2.75) is 6.54 Å². The molecule has 0 radical (unpaired) electrons. The Morgan fingerprint density at radius 1 is 1.47 bits per heavy atom. The molecular formula is C12H14ClN3O. The molecule has 0 aliphatic carbocycles. The third-order valence-corrected chi connectivity index (χ3v) is 2.72. The number of H-pyrrole nitrogens is 1. The van der Waals surface area contributed by atoms with E-state index in [0.717, 1.165) is 23.6 Å². The highest BCUT2D eigenvalue weighted by molar-refractivity contribution is 6.32. The number of halogens is 1. The highest BCUT2D eigenvalue weighted by atomic mass is 35.5. The van der Waals surface area contributed by atoms with E-state index < -0.39 is 0 Å². The lowest BCUT2D eigenvalue weighted by Gasteiger charge is -2.04. The van der Waals surface area contributed by atoms with Crippen molar-refractivity contribution < 1.29 is 4.74 Å². The Morgan fingerprint density at radius 3 is 2.94 bits per heavy atom. The molecule has 0 atom stereocenters. The Hall–Kier alpha value is -1.52. The fraction of sp³-hybridized carbons (Fsp3) is 0.250. The van der Waals surface area contributed by atoms with E-state index in [-0.39, 0.29) is 0 Å². The summed E-state index contributed by atoms with van der Waals surface area (Å²) in [6, 6.07) is 5.59. The van der Waals surface area contributed by atoms with Gasteiger partial charge in [-0.05, 0) is 25.2 Å². The van der Waals surface area contributed by atoms with Crippen molar-refractivity contribution in [3.8, 4) is 17.1 Å². The second kappa shape index (κ2) is 5.21. The molecule has 17 heavy (non-hydrogen) atoms. The van der Waals surface area contributed by atoms with E-state index in [9.17, 15) is 0 Å². The van der Waals surface area contributed by atoms with Crippen molar-refractivity contribution in [1.82, 2.24) is 15.3 Å². The van der Waals surface area contributed by atoms with E-state index in [2.05, 4.69) is 15.3 Å². The van der Waals surface area contributed by atoms with Crippen LogP contribution in [0.3, 0.4) is 0 Å². The van der Waals surface area contributed by atoms with Crippen LogP contribution >= 0.6 is 11.6 Å². The van der Waals surface area contributed by atoms with Gasteiger partial charge in [-0.15, -0.1) is 0 Å². The lowest BCUT2D eigenvalue weighted by Crippen LogP contribution is -2.04. The van der Waals surface area contributed by atoms with Gasteiger partial charge in [-0.3, -0.25) is 0 Å². The average Bonchev–Trinajstić information content (AvgIpc) is 2.78. The molecule has 0 bridgehead atoms. The molecule has 5 heteroatoms. The van der Waals surface area contributed by atoms with E-state index in [4.69, 9.17) is 16.3 Å². The standard InChI is InChI=1S/C12H14ClN3O/c1-14-6-9-7-15-12(16-9)8-3-4-11(17-2)10(13)5-8/h3-5,7,14H,6H2,1-2H3,(H,15,16). The highest BCUT2D eigenvalue weighted by Gasteiger charge is 2.06. The first-order valence-electron chi connectivity index (χ1n) is 5.27. The molecule has 2 aromatic rings. The van der Waals surface area contributed by atoms with Gasteiger partial charge in [0.1, 0.15) is 11.6 Å². The molecule has 90 valence electrons. The maximum Gasteiger partial charge on any atom is 0.137 e. The zero-order chi connectivity index (χ0) is 12.3. The Kier molecular flexibility index (Phi) is 3.66. The van der Waals surface area contributed by atoms with E-state index in [1.807, 2.05) is 31.4 Å². The zero-order valence-corrected chi connectivity index (χ0v) is 10.5. The van der Waals surface area contributed by atoms with Crippen LogP contribution in [0.15, 0.2) is 24.4 Å². The summed E-state index contributed by atoms with van der Waals surface area (Å²) >= 11 is 6.07. The first kappa shape index (κ1) is 12.0. The Balaban J connectivity index is 2.29. The van der Waals surface area contributed by atoms with Gasteiger partial charge in [-0.1, -0.05) is 11.6 Å². The molecule has 0 unspecified atom stereocenters. The molecule has 1 aromatic heterocycles. The number of benzene rings is 1. The second-order valence-corrected chi connectivity index (χ2v) is 4.04. The summed E-state index contributed by atoms with van der Waals surface area (Å²) < 4.78 is 5.11. The van der Waals surface area contributed by atoms with Crippen molar-refractivity contribution >= 4 is 11.6 Å². The maximum absolute atomic E-state index is 6.07. The van der Waals surface area contributed by atoms with Crippen molar-refractivity contribution in [2.24, 2.45) is 0 Å². The van der Waals surface area contributed by atoms with Gasteiger partial charge in [0.2, 0.25) is 0 Å². The number of nitrogens with one attached hydrogen (secondary N) is 2. The largest absolute Gasteiger partial charge is 0.495 e. The second-order valence-electron chi connectivity index (χ2n) is 3.64. The SMILES string of the molecule is CNCc1cnc(-c2ccc(OC)c(Cl)c2)[nH]1. The Bertz CT molecular complexity index is 510. The summed E-state index contributed by atoms with van der Waals surface area (Å²) in [4.78, 5) is 7.53. The third-order valence-electron chi connectivity index (χ3n) is 2.42. The Labute approximate surface area is 105 Å². The van der Waals surface area contributed by atoms with E-state index in [1.54, 1.807) is 7.11 Å². The van der Waals surface area contributed by atoms with Crippen LogP contribution in [-0.2, 0) is 6.54 Å². The predicted molar refractivity (Wildman–Crippen MR) is 68.3 cm³/mol. The molecule has 0 aliphatic rings. The van der Waals surface area contributed by atoms with Gasteiger partial charge in [0, 0.05) is 24.0 Å². The van der Waals surface area contributed by atoms with Crippen LogP contribution in [0.5, 0.6) is 5.75 Å². The zero-order valence-electron chi connectivity index (χ0n) is 9.75. The van der Waals surface area contributed by atoms with E-state index >= 15 is 0 Å². The van der Waals surface area contributed by atoms with Gasteiger partial charge < -0.3 is 15.0 Å². The number of hydrogen-bond donors (Lipinski definition) is 2. The Morgan fingerprint density at radius 2 is 2.29 bits per heavy atom. The van der Waals surface area contributed by atoms with Crippen molar-refractivity contribution in [3.63, 3.8) is 0 Å². The molecule has 0 saturated heterocycles. The number of aromatic nitrogens is 2. The quantitative estimate of drug-likeness (QED) is 0.878. The summed E-state index contributed by atoms with van der Waals surface area (Å²) in [6.07, 6.45) is 1.81. The summed E-state index contributed by atoms with van der Waals surface area (Å²) in [5.41, 5.74) is 1.98. The monoisotopic (exact) mass is 251 g/mol. The molecule has 0 aliphatic heterocycles. The van der Waals surface area contributed by atoms with Crippen LogP contribution < -0.4 is 10.1 Å². The minimum atomic E-state index is 0.580. The van der Waals surface area contributed by atoms with Gasteiger partial charge in [-0.25, -0.2) is 4.98 Å². The first-order valence-corrected chi connectivity index (χ1v) is 5.64. The lowest BCUT2D eigenvalue weighted by molar-refractivity contribution is 0.415. The molecule has 0 saturated carbocycles. The number of rotatable bonds is 4. The molecule has 2 N–H and O–H groups in total. The molecule has 0 spiro atoms. The summed E-state index contributed by atoms with van der Waals surface area (Å²) in [6.45, 7) is 0.761. The first-order chi connectivity index (χ1) is 8.24. The van der Waals surface area contributed by atoms with Crippen molar-refractivity contribution in [2.75, 3.05) is 14.2 Å². The molecular weight excluding hydrogens is 238 g/mol. The van der Waals surface area contributed by atoms with Gasteiger partial charge in [0.25, 0.3) is 0 Å². The fourth-order valence-corrected chi connectivity index (χ4v) is 1.86. The minimum absolute atomic E-state index is 0.580. The molecule has 2 rings (SSSR count). The van der Waals surface area contributed by atoms with Gasteiger partial charge in [-0.2, -0.15) is 0 Å². The third kappa shape index (κ3) is 2.60. The van der Waals surface area contributed by atoms with Crippen LogP contribution in [0.25, 0.3) is 11.4 Å². The molecule has 4 nitrogen and oxygen atoms in total. The van der Waals surface area contributed by atoms with Crippen LogP contribution in [0.2, 0.25) is 5.02 Å². The number of ether oxygens (including phenoxy) is 1. The minimum Gasteiger partial charge on any atom is -0.495 e. The highest BCUT2D eigenvalue weighted by Crippen LogP contribution is 2.28. The number of hydrogen-bond acceptors (Lipinski definition) is 3. The average molecular weight is 252 g/mol. The van der Waals surface area contributed by atoms with E-state index in [1.165, 1.54) is 0 Å². The molecule has 1 heterocycles. The number of nitrogens with zero attached hydrogens (tertiary/aromatic N) is 1. The summed E-state index contributed by atoms with van der Waals surface area (Å²) in [5.74, 6) is 1.47. The smallest absolute Gasteiger partial charge is 0.137 e. The van der Waals surface area contributed by atoms with Crippen molar-refractivity contribution in [3.05, 3.63) is 35.1 Å². The molecule has 1 aromatic carbocycles. The summed E-state index contributed by atoms with van der Waals surface area (Å²) in [5, 5.41) is 3.64. The number of methoxy groups -OCH3 is 1. The van der Waals surface area contributed by atoms with Gasteiger partial charge >= 0.3 is 0 Å². The lowest BCUT2D eigenvalue weighted by atomic mass is 10.2. The van der Waals surface area contributed by atoms with Crippen LogP contribution in [0, 0.1) is 0 Å². The topological polar surface area (TPSA) is 49.9 Å². The van der Waals surface area contributed by atoms with Crippen molar-refractivity contribution in [1.29, 1.82) is 0 Å². The van der Waals surface area contributed by atoms with E-state index in [0.29, 0.717) is 10.8 Å². The van der Waals surface area contributed by atoms with Gasteiger partial charge in [0.05, 0.1) is 12.1 Å². The van der Waals surface area contributed by atoms with Crippen LogP contribution in [0.4, 0.5) is 0 Å².